The molecule has 1 aromatic carbocycles. The van der Waals surface area contributed by atoms with E-state index >= 15 is 0 Å². The molecule has 0 bridgehead atoms. The average molecular weight is 351 g/mol. The molecule has 0 radical (unpaired) electrons. The molecule has 1 amide bonds. The second kappa shape index (κ2) is 7.71. The lowest BCUT2D eigenvalue weighted by atomic mass is 10.0. The van der Waals surface area contributed by atoms with Gasteiger partial charge in [-0.3, -0.25) is 4.79 Å². The van der Waals surface area contributed by atoms with Gasteiger partial charge in [0.2, 0.25) is 5.24 Å². The number of aryl methyl sites for hydroxylation is 1. The van der Waals surface area contributed by atoms with Crippen LogP contribution in [0, 0.1) is 0 Å². The van der Waals surface area contributed by atoms with Gasteiger partial charge < -0.3 is 15.0 Å². The SMILES string of the molecule is CC(C)(C)OC(=O)NCCc1c[nH]c2ccc(CCC(=O)Cl)cc12. The van der Waals surface area contributed by atoms with E-state index in [-0.39, 0.29) is 5.24 Å². The smallest absolute Gasteiger partial charge is 0.407 e. The second-order valence-corrected chi connectivity index (χ2v) is 7.15. The summed E-state index contributed by atoms with van der Waals surface area (Å²) in [5.41, 5.74) is 2.71. The molecule has 0 aliphatic heterocycles. The molecule has 0 fully saturated rings. The minimum Gasteiger partial charge on any atom is -0.444 e. The zero-order valence-corrected chi connectivity index (χ0v) is 15.0. The van der Waals surface area contributed by atoms with E-state index in [4.69, 9.17) is 16.3 Å². The van der Waals surface area contributed by atoms with Crippen LogP contribution in [-0.4, -0.2) is 28.5 Å². The third kappa shape index (κ3) is 5.57. The summed E-state index contributed by atoms with van der Waals surface area (Å²) in [5, 5.41) is 3.53. The molecule has 0 unspecified atom stereocenters. The number of aromatic nitrogens is 1. The van der Waals surface area contributed by atoms with Crippen molar-refractivity contribution in [2.24, 2.45) is 0 Å². The number of benzene rings is 1. The van der Waals surface area contributed by atoms with Crippen LogP contribution in [0.25, 0.3) is 10.9 Å². The molecule has 0 spiro atoms. The minimum absolute atomic E-state index is 0.326. The predicted octanol–water partition coefficient (Wildman–Crippen LogP) is 3.93. The number of halogens is 1. The second-order valence-electron chi connectivity index (χ2n) is 6.73. The summed E-state index contributed by atoms with van der Waals surface area (Å²) in [4.78, 5) is 25.8. The van der Waals surface area contributed by atoms with Crippen LogP contribution in [0.2, 0.25) is 0 Å². The molecule has 0 saturated heterocycles. The normalized spacial score (nSPS) is 11.5. The number of H-pyrrole nitrogens is 1. The van der Waals surface area contributed by atoms with E-state index in [2.05, 4.69) is 16.4 Å². The Balaban J connectivity index is 1.97. The first-order valence-corrected chi connectivity index (χ1v) is 8.36. The topological polar surface area (TPSA) is 71.2 Å². The van der Waals surface area contributed by atoms with Crippen molar-refractivity contribution in [1.82, 2.24) is 10.3 Å². The molecule has 24 heavy (non-hydrogen) atoms. The van der Waals surface area contributed by atoms with Gasteiger partial charge in [-0.1, -0.05) is 6.07 Å². The molecular formula is C18H23ClN2O3. The van der Waals surface area contributed by atoms with Crippen molar-refractivity contribution in [2.75, 3.05) is 6.54 Å². The fraction of sp³-hybridized carbons (Fsp3) is 0.444. The number of fused-ring (bicyclic) bond motifs is 1. The molecular weight excluding hydrogens is 328 g/mol. The first-order chi connectivity index (χ1) is 11.2. The van der Waals surface area contributed by atoms with E-state index in [0.29, 0.717) is 25.8 Å². The van der Waals surface area contributed by atoms with E-state index in [1.807, 2.05) is 39.1 Å². The van der Waals surface area contributed by atoms with Gasteiger partial charge in [-0.25, -0.2) is 4.79 Å². The van der Waals surface area contributed by atoms with Crippen molar-refractivity contribution in [3.63, 3.8) is 0 Å². The predicted molar refractivity (Wildman–Crippen MR) is 95.4 cm³/mol. The first-order valence-electron chi connectivity index (χ1n) is 7.99. The average Bonchev–Trinajstić information content (AvgIpc) is 2.86. The summed E-state index contributed by atoms with van der Waals surface area (Å²) in [5.74, 6) is 0. The van der Waals surface area contributed by atoms with Gasteiger partial charge in [0.15, 0.2) is 0 Å². The maximum absolute atomic E-state index is 11.7. The number of amides is 1. The van der Waals surface area contributed by atoms with Gasteiger partial charge in [0.25, 0.3) is 0 Å². The van der Waals surface area contributed by atoms with E-state index in [1.165, 1.54) is 0 Å². The van der Waals surface area contributed by atoms with Crippen molar-refractivity contribution < 1.29 is 14.3 Å². The third-order valence-corrected chi connectivity index (χ3v) is 3.69. The molecule has 2 aromatic rings. The Hall–Kier alpha value is -2.01. The molecule has 0 atom stereocenters. The highest BCUT2D eigenvalue weighted by atomic mass is 35.5. The molecule has 130 valence electrons. The summed E-state index contributed by atoms with van der Waals surface area (Å²) >= 11 is 5.40. The number of ether oxygens (including phenoxy) is 1. The van der Waals surface area contributed by atoms with Crippen LogP contribution in [0.15, 0.2) is 24.4 Å². The molecule has 5 nitrogen and oxygen atoms in total. The Morgan fingerprint density at radius 1 is 1.25 bits per heavy atom. The molecule has 0 saturated carbocycles. The maximum Gasteiger partial charge on any atom is 0.407 e. The van der Waals surface area contributed by atoms with Crippen LogP contribution in [0.4, 0.5) is 4.79 Å². The summed E-state index contributed by atoms with van der Waals surface area (Å²) in [7, 11) is 0. The highest BCUT2D eigenvalue weighted by molar-refractivity contribution is 6.63. The summed E-state index contributed by atoms with van der Waals surface area (Å²) < 4.78 is 5.22. The quantitative estimate of drug-likeness (QED) is 0.775. The maximum atomic E-state index is 11.7. The van der Waals surface area contributed by atoms with Gasteiger partial charge >= 0.3 is 6.09 Å². The monoisotopic (exact) mass is 350 g/mol. The number of hydrogen-bond donors (Lipinski definition) is 2. The van der Waals surface area contributed by atoms with Crippen molar-refractivity contribution in [3.05, 3.63) is 35.5 Å². The van der Waals surface area contributed by atoms with E-state index < -0.39 is 11.7 Å². The van der Waals surface area contributed by atoms with E-state index in [0.717, 1.165) is 22.0 Å². The van der Waals surface area contributed by atoms with Crippen LogP contribution in [0.1, 0.15) is 38.3 Å². The Bertz CT molecular complexity index is 731. The molecule has 0 aliphatic carbocycles. The number of aromatic amines is 1. The van der Waals surface area contributed by atoms with Crippen LogP contribution in [0.3, 0.4) is 0 Å². The van der Waals surface area contributed by atoms with Gasteiger partial charge in [-0.15, -0.1) is 0 Å². The van der Waals surface area contributed by atoms with E-state index in [9.17, 15) is 9.59 Å². The van der Waals surface area contributed by atoms with Gasteiger partial charge in [0.05, 0.1) is 0 Å². The number of rotatable bonds is 6. The van der Waals surface area contributed by atoms with Gasteiger partial charge in [-0.05, 0) is 68.5 Å². The van der Waals surface area contributed by atoms with Gasteiger partial charge in [0.1, 0.15) is 5.60 Å². The molecule has 0 aliphatic rings. The molecule has 2 rings (SSSR count). The van der Waals surface area contributed by atoms with Gasteiger partial charge in [0, 0.05) is 30.1 Å². The van der Waals surface area contributed by atoms with Gasteiger partial charge in [-0.2, -0.15) is 0 Å². The molecule has 1 aromatic heterocycles. The first kappa shape index (κ1) is 18.3. The number of carbonyl (C=O) groups is 2. The van der Waals surface area contributed by atoms with Crippen molar-refractivity contribution in [3.8, 4) is 0 Å². The highest BCUT2D eigenvalue weighted by Gasteiger charge is 2.15. The van der Waals surface area contributed by atoms with Crippen LogP contribution >= 0.6 is 11.6 Å². The summed E-state index contributed by atoms with van der Waals surface area (Å²) in [6.07, 6.45) is 3.17. The van der Waals surface area contributed by atoms with Crippen LogP contribution < -0.4 is 5.32 Å². The minimum atomic E-state index is -0.500. The van der Waals surface area contributed by atoms with Crippen molar-refractivity contribution in [2.45, 2.75) is 45.6 Å². The Labute approximate surface area is 146 Å². The number of carbonyl (C=O) groups excluding carboxylic acids is 2. The Kier molecular flexibility index (Phi) is 5.89. The summed E-state index contributed by atoms with van der Waals surface area (Å²) in [6, 6.07) is 6.05. The molecule has 2 N–H and O–H groups in total. The summed E-state index contributed by atoms with van der Waals surface area (Å²) in [6.45, 7) is 5.99. The molecule has 6 heteroatoms. The van der Waals surface area contributed by atoms with Crippen LogP contribution in [0.5, 0.6) is 0 Å². The standard InChI is InChI=1S/C18H23ClN2O3/c1-18(2,3)24-17(23)20-9-8-13-11-21-15-6-4-12(10-14(13)15)5-7-16(19)22/h4,6,10-11,21H,5,7-9H2,1-3H3,(H,20,23). The third-order valence-electron chi connectivity index (χ3n) is 3.50. The lowest BCUT2D eigenvalue weighted by Gasteiger charge is -2.19. The zero-order chi connectivity index (χ0) is 17.7. The fourth-order valence-corrected chi connectivity index (χ4v) is 2.54. The number of hydrogen-bond acceptors (Lipinski definition) is 3. The highest BCUT2D eigenvalue weighted by Crippen LogP contribution is 2.21. The molecule has 1 heterocycles. The van der Waals surface area contributed by atoms with Crippen LogP contribution in [-0.2, 0) is 22.4 Å². The largest absolute Gasteiger partial charge is 0.444 e. The lowest BCUT2D eigenvalue weighted by molar-refractivity contribution is -0.111. The Morgan fingerprint density at radius 3 is 2.67 bits per heavy atom. The van der Waals surface area contributed by atoms with E-state index in [1.54, 1.807) is 0 Å². The number of nitrogens with one attached hydrogen (secondary N) is 2. The lowest BCUT2D eigenvalue weighted by Crippen LogP contribution is -2.33. The van der Waals surface area contributed by atoms with Crippen molar-refractivity contribution in [1.29, 1.82) is 0 Å². The fourth-order valence-electron chi connectivity index (χ4n) is 2.44. The Morgan fingerprint density at radius 2 is 2.00 bits per heavy atom. The van der Waals surface area contributed by atoms with Crippen molar-refractivity contribution >= 4 is 33.8 Å². The number of alkyl carbamates (subject to hydrolysis) is 1. The zero-order valence-electron chi connectivity index (χ0n) is 14.2.